The lowest BCUT2D eigenvalue weighted by Crippen LogP contribution is -2.40. The van der Waals surface area contributed by atoms with Gasteiger partial charge in [0.2, 0.25) is 5.91 Å². The number of unbranched alkanes of at least 4 members (excludes halogenated alkanes) is 10. The van der Waals surface area contributed by atoms with E-state index in [1.807, 2.05) is 5.43 Å². The molecule has 0 fully saturated rings. The average Bonchev–Trinajstić information content (AvgIpc) is 2.50. The maximum Gasteiger partial charge on any atom is 0.253 e. The van der Waals surface area contributed by atoms with Gasteiger partial charge in [-0.1, -0.05) is 71.1 Å². The Kier molecular flexibility index (Phi) is 14.5. The summed E-state index contributed by atoms with van der Waals surface area (Å²) in [6.45, 7) is 2.21. The molecule has 5 nitrogen and oxygen atoms in total. The Morgan fingerprint density at radius 1 is 0.762 bits per heavy atom. The highest BCUT2D eigenvalue weighted by atomic mass is 16.2. The molecule has 0 saturated carbocycles. The Morgan fingerprint density at radius 2 is 1.24 bits per heavy atom. The Morgan fingerprint density at radius 3 is 1.71 bits per heavy atom. The van der Waals surface area contributed by atoms with Gasteiger partial charge in [-0.15, -0.1) is 0 Å². The van der Waals surface area contributed by atoms with Crippen molar-refractivity contribution in [2.75, 3.05) is 6.54 Å². The van der Waals surface area contributed by atoms with Crippen molar-refractivity contribution in [3.8, 4) is 0 Å². The number of hydrogen-bond acceptors (Lipinski definition) is 3. The minimum atomic E-state index is -0.373. The zero-order valence-electron chi connectivity index (χ0n) is 13.6. The van der Waals surface area contributed by atoms with Crippen LogP contribution >= 0.6 is 0 Å². The number of rotatable bonds is 14. The second-order valence-corrected chi connectivity index (χ2v) is 5.63. The number of hydrogen-bond donors (Lipinski definition) is 3. The van der Waals surface area contributed by atoms with Crippen LogP contribution in [0.25, 0.3) is 0 Å². The molecule has 0 radical (unpaired) electrons. The molecule has 4 N–H and O–H groups in total. The van der Waals surface area contributed by atoms with Crippen molar-refractivity contribution < 1.29 is 9.59 Å². The van der Waals surface area contributed by atoms with Crippen molar-refractivity contribution in [1.82, 2.24) is 10.7 Å². The van der Waals surface area contributed by atoms with Crippen LogP contribution in [0.1, 0.15) is 84.0 Å². The fraction of sp³-hybridized carbons (Fsp3) is 0.875. The van der Waals surface area contributed by atoms with Gasteiger partial charge in [-0.2, -0.15) is 0 Å². The smallest absolute Gasteiger partial charge is 0.253 e. The van der Waals surface area contributed by atoms with Crippen molar-refractivity contribution in [3.63, 3.8) is 0 Å². The summed E-state index contributed by atoms with van der Waals surface area (Å²) in [5, 5.41) is 2.54. The van der Waals surface area contributed by atoms with Gasteiger partial charge in [0, 0.05) is 6.42 Å². The van der Waals surface area contributed by atoms with Gasteiger partial charge in [-0.05, 0) is 6.42 Å². The first-order valence-corrected chi connectivity index (χ1v) is 8.46. The maximum atomic E-state index is 11.4. The summed E-state index contributed by atoms with van der Waals surface area (Å²) >= 11 is 0. The fourth-order valence-electron chi connectivity index (χ4n) is 2.27. The molecule has 5 heteroatoms. The highest BCUT2D eigenvalue weighted by Crippen LogP contribution is 2.11. The van der Waals surface area contributed by atoms with E-state index >= 15 is 0 Å². The number of carbonyl (C=O) groups is 2. The molecule has 0 aromatic rings. The molecular formula is C16H33N3O2. The molecule has 124 valence electrons. The van der Waals surface area contributed by atoms with Crippen LogP contribution in [0, 0.1) is 0 Å². The molecule has 0 aliphatic heterocycles. The quantitative estimate of drug-likeness (QED) is 0.199. The third-order valence-corrected chi connectivity index (χ3v) is 3.61. The van der Waals surface area contributed by atoms with E-state index in [2.05, 4.69) is 12.2 Å². The molecule has 0 spiro atoms. The highest BCUT2D eigenvalue weighted by molar-refractivity contribution is 5.84. The molecule has 0 bridgehead atoms. The number of amides is 2. The molecule has 0 aromatic carbocycles. The lowest BCUT2D eigenvalue weighted by molar-refractivity contribution is -0.126. The Bertz CT molecular complexity index is 270. The van der Waals surface area contributed by atoms with Crippen molar-refractivity contribution in [3.05, 3.63) is 0 Å². The van der Waals surface area contributed by atoms with Gasteiger partial charge in [0.1, 0.15) is 0 Å². The van der Waals surface area contributed by atoms with Crippen LogP contribution in [0.4, 0.5) is 0 Å². The summed E-state index contributed by atoms with van der Waals surface area (Å²) in [5.74, 6) is 4.47. The van der Waals surface area contributed by atoms with Crippen LogP contribution in [0.15, 0.2) is 0 Å². The zero-order valence-corrected chi connectivity index (χ0v) is 13.6. The van der Waals surface area contributed by atoms with Crippen LogP contribution in [-0.4, -0.2) is 18.4 Å². The van der Waals surface area contributed by atoms with E-state index in [1.165, 1.54) is 57.8 Å². The van der Waals surface area contributed by atoms with Gasteiger partial charge in [-0.3, -0.25) is 15.0 Å². The Labute approximate surface area is 129 Å². The Balaban J connectivity index is 3.18. The maximum absolute atomic E-state index is 11.4. The predicted octanol–water partition coefficient (Wildman–Crippen LogP) is 2.79. The third-order valence-electron chi connectivity index (χ3n) is 3.61. The minimum Gasteiger partial charge on any atom is -0.347 e. The van der Waals surface area contributed by atoms with Crippen molar-refractivity contribution in [1.29, 1.82) is 0 Å². The number of nitrogens with two attached hydrogens (primary N) is 1. The molecule has 0 atom stereocenters. The summed E-state index contributed by atoms with van der Waals surface area (Å²) in [7, 11) is 0. The molecule has 0 aliphatic rings. The van der Waals surface area contributed by atoms with E-state index in [-0.39, 0.29) is 18.4 Å². The first kappa shape index (κ1) is 19.9. The zero-order chi connectivity index (χ0) is 15.8. The highest BCUT2D eigenvalue weighted by Gasteiger charge is 2.03. The van der Waals surface area contributed by atoms with Crippen LogP contribution in [0.2, 0.25) is 0 Å². The fourth-order valence-corrected chi connectivity index (χ4v) is 2.27. The monoisotopic (exact) mass is 299 g/mol. The van der Waals surface area contributed by atoms with E-state index in [0.29, 0.717) is 6.42 Å². The topological polar surface area (TPSA) is 84.2 Å². The average molecular weight is 299 g/mol. The second kappa shape index (κ2) is 15.3. The SMILES string of the molecule is CCCCCCCCCCCCCC(=O)NCC(=O)NN. The first-order chi connectivity index (χ1) is 10.2. The summed E-state index contributed by atoms with van der Waals surface area (Å²) in [6, 6.07) is 0. The minimum absolute atomic E-state index is 0.0344. The molecule has 21 heavy (non-hydrogen) atoms. The summed E-state index contributed by atoms with van der Waals surface area (Å²) in [5.41, 5.74) is 1.98. The molecular weight excluding hydrogens is 266 g/mol. The third kappa shape index (κ3) is 15.1. The number of nitrogens with one attached hydrogen (secondary N) is 2. The largest absolute Gasteiger partial charge is 0.347 e. The first-order valence-electron chi connectivity index (χ1n) is 8.46. The molecule has 0 aliphatic carbocycles. The molecule has 0 aromatic heterocycles. The molecule has 0 unspecified atom stereocenters. The summed E-state index contributed by atoms with van der Waals surface area (Å²) in [6.07, 6.45) is 14.4. The Hall–Kier alpha value is -1.10. The lowest BCUT2D eigenvalue weighted by atomic mass is 10.1. The second-order valence-electron chi connectivity index (χ2n) is 5.63. The van der Waals surface area contributed by atoms with Gasteiger partial charge in [-0.25, -0.2) is 5.84 Å². The van der Waals surface area contributed by atoms with Crippen LogP contribution < -0.4 is 16.6 Å². The number of hydrazine groups is 1. The van der Waals surface area contributed by atoms with E-state index in [4.69, 9.17) is 5.84 Å². The predicted molar refractivity (Wildman–Crippen MR) is 86.4 cm³/mol. The van der Waals surface area contributed by atoms with Crippen molar-refractivity contribution in [2.45, 2.75) is 84.0 Å². The van der Waals surface area contributed by atoms with Crippen LogP contribution in [0.5, 0.6) is 0 Å². The van der Waals surface area contributed by atoms with Gasteiger partial charge < -0.3 is 5.32 Å². The van der Waals surface area contributed by atoms with E-state index in [0.717, 1.165) is 12.8 Å². The standard InChI is InChI=1S/C16H33N3O2/c1-2-3-4-5-6-7-8-9-10-11-12-13-15(20)18-14-16(21)19-17/h2-14,17H2,1H3,(H,18,20)(H,19,21). The number of carbonyl (C=O) groups excluding carboxylic acids is 2. The van der Waals surface area contributed by atoms with Gasteiger partial charge >= 0.3 is 0 Å². The van der Waals surface area contributed by atoms with E-state index in [9.17, 15) is 9.59 Å². The van der Waals surface area contributed by atoms with E-state index in [1.54, 1.807) is 0 Å². The van der Waals surface area contributed by atoms with E-state index < -0.39 is 0 Å². The summed E-state index contributed by atoms with van der Waals surface area (Å²) < 4.78 is 0. The molecule has 0 rings (SSSR count). The van der Waals surface area contributed by atoms with Crippen molar-refractivity contribution in [2.24, 2.45) is 5.84 Å². The lowest BCUT2D eigenvalue weighted by Gasteiger charge is -2.04. The van der Waals surface area contributed by atoms with Gasteiger partial charge in [0.25, 0.3) is 5.91 Å². The molecule has 0 saturated heterocycles. The van der Waals surface area contributed by atoms with Crippen LogP contribution in [-0.2, 0) is 9.59 Å². The van der Waals surface area contributed by atoms with Gasteiger partial charge in [0.15, 0.2) is 0 Å². The normalized spacial score (nSPS) is 10.4. The molecule has 0 heterocycles. The van der Waals surface area contributed by atoms with Crippen LogP contribution in [0.3, 0.4) is 0 Å². The van der Waals surface area contributed by atoms with Crippen molar-refractivity contribution >= 4 is 11.8 Å². The summed E-state index contributed by atoms with van der Waals surface area (Å²) in [4.78, 5) is 22.2. The molecule has 2 amide bonds. The van der Waals surface area contributed by atoms with Gasteiger partial charge in [0.05, 0.1) is 6.54 Å².